The highest BCUT2D eigenvalue weighted by atomic mass is 32.2. The number of anilines is 2. The molecule has 1 aromatic rings. The zero-order chi connectivity index (χ0) is 15.5. The third-order valence-electron chi connectivity index (χ3n) is 4.00. The topological polar surface area (TPSA) is 101 Å². The molecule has 118 valence electrons. The Morgan fingerprint density at radius 2 is 1.95 bits per heavy atom. The first kappa shape index (κ1) is 16.1. The van der Waals surface area contributed by atoms with E-state index in [1.54, 1.807) is 6.07 Å². The number of nitrogen functional groups attached to an aromatic ring is 1. The maximum atomic E-state index is 11.4. The second kappa shape index (κ2) is 6.64. The van der Waals surface area contributed by atoms with Crippen LogP contribution in [0.4, 0.5) is 11.4 Å². The lowest BCUT2D eigenvalue weighted by molar-refractivity contribution is 0.254. The van der Waals surface area contributed by atoms with Crippen molar-refractivity contribution in [1.29, 1.82) is 0 Å². The van der Waals surface area contributed by atoms with E-state index in [2.05, 4.69) is 17.3 Å². The van der Waals surface area contributed by atoms with E-state index in [9.17, 15) is 8.42 Å². The average Bonchev–Trinajstić information content (AvgIpc) is 2.90. The number of primary sulfonamides is 1. The molecule has 7 heteroatoms. The van der Waals surface area contributed by atoms with Crippen LogP contribution in [0.3, 0.4) is 0 Å². The zero-order valence-corrected chi connectivity index (χ0v) is 13.2. The van der Waals surface area contributed by atoms with E-state index in [0.717, 1.165) is 13.1 Å². The number of hydrogen-bond acceptors (Lipinski definition) is 5. The van der Waals surface area contributed by atoms with Gasteiger partial charge in [0.05, 0.1) is 4.90 Å². The minimum atomic E-state index is -3.73. The van der Waals surface area contributed by atoms with Gasteiger partial charge in [-0.2, -0.15) is 0 Å². The van der Waals surface area contributed by atoms with Gasteiger partial charge in [-0.3, -0.25) is 0 Å². The van der Waals surface area contributed by atoms with Crippen molar-refractivity contribution in [3.63, 3.8) is 0 Å². The predicted molar refractivity (Wildman–Crippen MR) is 85.6 cm³/mol. The molecule has 0 radical (unpaired) electrons. The van der Waals surface area contributed by atoms with Gasteiger partial charge in [-0.1, -0.05) is 12.8 Å². The Kier molecular flexibility index (Phi) is 5.08. The summed E-state index contributed by atoms with van der Waals surface area (Å²) in [6.07, 6.45) is 5.17. The number of rotatable bonds is 6. The van der Waals surface area contributed by atoms with Gasteiger partial charge in [-0.15, -0.1) is 0 Å². The van der Waals surface area contributed by atoms with E-state index >= 15 is 0 Å². The van der Waals surface area contributed by atoms with E-state index in [-0.39, 0.29) is 4.90 Å². The third-order valence-corrected chi connectivity index (χ3v) is 4.89. The minimum absolute atomic E-state index is 0.0362. The van der Waals surface area contributed by atoms with Gasteiger partial charge in [-0.25, -0.2) is 13.6 Å². The Balaban J connectivity index is 1.92. The Morgan fingerprint density at radius 3 is 2.57 bits per heavy atom. The number of likely N-dealkylation sites (N-methyl/N-ethyl adjacent to an activating group) is 1. The number of benzene rings is 1. The first-order valence-electron chi connectivity index (χ1n) is 7.24. The summed E-state index contributed by atoms with van der Waals surface area (Å²) in [7, 11) is -1.60. The fourth-order valence-corrected chi connectivity index (χ4v) is 3.38. The molecule has 0 unspecified atom stereocenters. The van der Waals surface area contributed by atoms with E-state index in [4.69, 9.17) is 10.9 Å². The SMILES string of the molecule is CN(CCNc1cc(N)cc(S(N)(=O)=O)c1)C1CCCC1. The van der Waals surface area contributed by atoms with Crippen molar-refractivity contribution in [3.8, 4) is 0 Å². The van der Waals surface area contributed by atoms with Crippen molar-refractivity contribution in [2.45, 2.75) is 36.6 Å². The fraction of sp³-hybridized carbons (Fsp3) is 0.571. The molecular weight excluding hydrogens is 288 g/mol. The molecule has 0 spiro atoms. The highest BCUT2D eigenvalue weighted by molar-refractivity contribution is 7.89. The van der Waals surface area contributed by atoms with Gasteiger partial charge in [0.2, 0.25) is 10.0 Å². The monoisotopic (exact) mass is 312 g/mol. The van der Waals surface area contributed by atoms with Gasteiger partial charge in [-0.05, 0) is 38.1 Å². The summed E-state index contributed by atoms with van der Waals surface area (Å²) in [5, 5.41) is 8.35. The van der Waals surface area contributed by atoms with Crippen LogP contribution in [0.25, 0.3) is 0 Å². The highest BCUT2D eigenvalue weighted by Crippen LogP contribution is 2.22. The number of hydrogen-bond donors (Lipinski definition) is 3. The third kappa shape index (κ3) is 4.59. The molecule has 2 rings (SSSR count). The Labute approximate surface area is 126 Å². The largest absolute Gasteiger partial charge is 0.399 e. The van der Waals surface area contributed by atoms with Gasteiger partial charge >= 0.3 is 0 Å². The lowest BCUT2D eigenvalue weighted by Gasteiger charge is -2.24. The van der Waals surface area contributed by atoms with E-state index < -0.39 is 10.0 Å². The summed E-state index contributed by atoms with van der Waals surface area (Å²) in [4.78, 5) is 2.39. The molecule has 21 heavy (non-hydrogen) atoms. The second-order valence-corrected chi connectivity index (χ2v) is 7.24. The molecule has 0 atom stereocenters. The molecule has 0 aromatic heterocycles. The Morgan fingerprint density at radius 1 is 1.29 bits per heavy atom. The van der Waals surface area contributed by atoms with E-state index in [1.165, 1.54) is 37.8 Å². The van der Waals surface area contributed by atoms with Crippen LogP contribution in [0, 0.1) is 0 Å². The molecule has 1 aliphatic rings. The number of nitrogens with two attached hydrogens (primary N) is 2. The first-order chi connectivity index (χ1) is 9.86. The normalized spacial score (nSPS) is 16.5. The lowest BCUT2D eigenvalue weighted by atomic mass is 10.2. The Hall–Kier alpha value is -1.31. The molecule has 1 aliphatic carbocycles. The van der Waals surface area contributed by atoms with Gasteiger partial charge in [0, 0.05) is 30.5 Å². The summed E-state index contributed by atoms with van der Waals surface area (Å²) in [5.74, 6) is 0. The summed E-state index contributed by atoms with van der Waals surface area (Å²) < 4.78 is 22.8. The van der Waals surface area contributed by atoms with Crippen LogP contribution in [-0.4, -0.2) is 39.5 Å². The molecule has 0 saturated heterocycles. The lowest BCUT2D eigenvalue weighted by Crippen LogP contribution is -2.33. The average molecular weight is 312 g/mol. The molecule has 0 aliphatic heterocycles. The maximum Gasteiger partial charge on any atom is 0.238 e. The van der Waals surface area contributed by atoms with E-state index in [1.807, 2.05) is 0 Å². The molecule has 0 bridgehead atoms. The zero-order valence-electron chi connectivity index (χ0n) is 12.4. The molecular formula is C14H24N4O2S. The molecule has 0 heterocycles. The molecule has 1 aromatic carbocycles. The molecule has 1 fully saturated rings. The van der Waals surface area contributed by atoms with Crippen molar-refractivity contribution in [2.75, 3.05) is 31.2 Å². The highest BCUT2D eigenvalue weighted by Gasteiger charge is 2.18. The number of nitrogens with zero attached hydrogens (tertiary/aromatic N) is 1. The molecule has 1 saturated carbocycles. The standard InChI is InChI=1S/C14H24N4O2S/c1-18(13-4-2-3-5-13)7-6-17-12-8-11(15)9-14(10-12)21(16,19)20/h8-10,13,17H,2-7,15H2,1H3,(H2,16,19,20). The summed E-state index contributed by atoms with van der Waals surface area (Å²) in [6.45, 7) is 1.64. The van der Waals surface area contributed by atoms with Gasteiger partial charge in [0.1, 0.15) is 0 Å². The van der Waals surface area contributed by atoms with Crippen molar-refractivity contribution in [1.82, 2.24) is 4.90 Å². The van der Waals surface area contributed by atoms with Crippen LogP contribution in [0.1, 0.15) is 25.7 Å². The van der Waals surface area contributed by atoms with Gasteiger partial charge in [0.15, 0.2) is 0 Å². The van der Waals surface area contributed by atoms with Crippen LogP contribution in [-0.2, 0) is 10.0 Å². The van der Waals surface area contributed by atoms with E-state index in [0.29, 0.717) is 17.4 Å². The van der Waals surface area contributed by atoms with Crippen LogP contribution >= 0.6 is 0 Å². The maximum absolute atomic E-state index is 11.4. The molecule has 0 amide bonds. The Bertz CT molecular complexity index is 583. The summed E-state index contributed by atoms with van der Waals surface area (Å²) >= 11 is 0. The fourth-order valence-electron chi connectivity index (χ4n) is 2.79. The van der Waals surface area contributed by atoms with Crippen molar-refractivity contribution in [3.05, 3.63) is 18.2 Å². The second-order valence-electron chi connectivity index (χ2n) is 5.68. The number of sulfonamides is 1. The minimum Gasteiger partial charge on any atom is -0.399 e. The van der Waals surface area contributed by atoms with Crippen LogP contribution < -0.4 is 16.2 Å². The van der Waals surface area contributed by atoms with Crippen LogP contribution in [0.15, 0.2) is 23.1 Å². The molecule has 6 nitrogen and oxygen atoms in total. The quantitative estimate of drug-likeness (QED) is 0.685. The smallest absolute Gasteiger partial charge is 0.238 e. The van der Waals surface area contributed by atoms with Crippen molar-refractivity contribution < 1.29 is 8.42 Å². The summed E-state index contributed by atoms with van der Waals surface area (Å²) in [5.41, 5.74) is 6.78. The van der Waals surface area contributed by atoms with Crippen molar-refractivity contribution in [2.24, 2.45) is 5.14 Å². The number of nitrogens with one attached hydrogen (secondary N) is 1. The molecule has 5 N–H and O–H groups in total. The predicted octanol–water partition coefficient (Wildman–Crippen LogP) is 1.20. The van der Waals surface area contributed by atoms with Crippen LogP contribution in [0.2, 0.25) is 0 Å². The van der Waals surface area contributed by atoms with Crippen LogP contribution in [0.5, 0.6) is 0 Å². The van der Waals surface area contributed by atoms with Crippen molar-refractivity contribution >= 4 is 21.4 Å². The summed E-state index contributed by atoms with van der Waals surface area (Å²) in [6, 6.07) is 5.27. The first-order valence-corrected chi connectivity index (χ1v) is 8.78. The van der Waals surface area contributed by atoms with Gasteiger partial charge < -0.3 is 16.0 Å². The van der Waals surface area contributed by atoms with Gasteiger partial charge in [0.25, 0.3) is 0 Å².